The lowest BCUT2D eigenvalue weighted by Gasteiger charge is -2.40. The summed E-state index contributed by atoms with van der Waals surface area (Å²) in [6.45, 7) is 2.89. The van der Waals surface area contributed by atoms with Crippen LogP contribution >= 0.6 is 0 Å². The molecule has 1 aliphatic carbocycles. The molecule has 0 unspecified atom stereocenters. The summed E-state index contributed by atoms with van der Waals surface area (Å²) in [6, 6.07) is 1.66. The summed E-state index contributed by atoms with van der Waals surface area (Å²) in [6.07, 6.45) is -5.20. The standard InChI is InChI=1S/C23H30O12/c1-23(2,32)12-5-3-10(4-6-12)21(31)33-9-15-17(26)18(27)19(28)22(35-15)34-14-8-11(20(29)30)7-13(24)16(14)25/h3,7-8,12,15,17-19,22,24-28,32H,4-6,9H2,1-2H3,(H,29,30)/t12-,15-,17+,18-,19+,22+/m0/s1. The third-order valence-corrected chi connectivity index (χ3v) is 6.26. The zero-order valence-electron chi connectivity index (χ0n) is 19.2. The third kappa shape index (κ3) is 6.03. The number of benzene rings is 1. The Labute approximate surface area is 200 Å². The van der Waals surface area contributed by atoms with E-state index in [4.69, 9.17) is 19.3 Å². The number of aliphatic hydroxyl groups is 4. The van der Waals surface area contributed by atoms with Gasteiger partial charge in [0.2, 0.25) is 12.0 Å². The maximum absolute atomic E-state index is 12.5. The highest BCUT2D eigenvalue weighted by molar-refractivity contribution is 5.89. The van der Waals surface area contributed by atoms with Gasteiger partial charge in [-0.05, 0) is 51.2 Å². The smallest absolute Gasteiger partial charge is 0.335 e. The summed E-state index contributed by atoms with van der Waals surface area (Å²) in [7, 11) is 0. The second-order valence-electron chi connectivity index (χ2n) is 9.23. The molecule has 1 aromatic rings. The minimum absolute atomic E-state index is 0.00688. The first-order valence-corrected chi connectivity index (χ1v) is 11.0. The number of hydrogen-bond acceptors (Lipinski definition) is 11. The number of aromatic hydroxyl groups is 2. The Morgan fingerprint density at radius 1 is 1.11 bits per heavy atom. The molecule has 194 valence electrons. The molecule has 3 rings (SSSR count). The van der Waals surface area contributed by atoms with Crippen molar-refractivity contribution in [2.45, 2.75) is 69.4 Å². The lowest BCUT2D eigenvalue weighted by atomic mass is 9.79. The summed E-state index contributed by atoms with van der Waals surface area (Å²) >= 11 is 0. The van der Waals surface area contributed by atoms with Gasteiger partial charge in [0.15, 0.2) is 11.5 Å². The van der Waals surface area contributed by atoms with E-state index in [-0.39, 0.29) is 5.92 Å². The van der Waals surface area contributed by atoms with E-state index in [1.807, 2.05) is 0 Å². The van der Waals surface area contributed by atoms with Crippen LogP contribution in [-0.4, -0.2) is 90.6 Å². The molecule has 0 bridgehead atoms. The third-order valence-electron chi connectivity index (χ3n) is 6.26. The highest BCUT2D eigenvalue weighted by Gasteiger charge is 2.46. The highest BCUT2D eigenvalue weighted by Crippen LogP contribution is 2.38. The molecule has 12 nitrogen and oxygen atoms in total. The Hall–Kier alpha value is -2.90. The van der Waals surface area contributed by atoms with E-state index in [9.17, 15) is 40.2 Å². The van der Waals surface area contributed by atoms with Crippen molar-refractivity contribution in [2.75, 3.05) is 6.61 Å². The van der Waals surface area contributed by atoms with Crippen molar-refractivity contribution < 1.29 is 59.5 Å². The first-order chi connectivity index (χ1) is 16.3. The van der Waals surface area contributed by atoms with Crippen LogP contribution in [0.15, 0.2) is 23.8 Å². The minimum atomic E-state index is -1.83. The summed E-state index contributed by atoms with van der Waals surface area (Å²) in [5.74, 6) is -4.29. The monoisotopic (exact) mass is 498 g/mol. The number of carboxylic acid groups (broad SMARTS) is 1. The zero-order valence-corrected chi connectivity index (χ0v) is 19.2. The number of rotatable bonds is 7. The van der Waals surface area contributed by atoms with Gasteiger partial charge in [-0.15, -0.1) is 0 Å². The van der Waals surface area contributed by atoms with E-state index in [2.05, 4.69) is 0 Å². The zero-order chi connectivity index (χ0) is 26.1. The number of aromatic carboxylic acids is 1. The molecule has 35 heavy (non-hydrogen) atoms. The lowest BCUT2D eigenvalue weighted by molar-refractivity contribution is -0.278. The van der Waals surface area contributed by atoms with Gasteiger partial charge < -0.3 is 50.0 Å². The molecule has 0 aromatic heterocycles. The molecule has 1 fully saturated rings. The van der Waals surface area contributed by atoms with Gasteiger partial charge in [-0.1, -0.05) is 6.08 Å². The molecule has 1 saturated heterocycles. The van der Waals surface area contributed by atoms with Crippen molar-refractivity contribution in [3.63, 3.8) is 0 Å². The number of hydrogen-bond donors (Lipinski definition) is 7. The molecule has 1 aromatic carbocycles. The van der Waals surface area contributed by atoms with Crippen molar-refractivity contribution in [1.82, 2.24) is 0 Å². The predicted molar refractivity (Wildman–Crippen MR) is 117 cm³/mol. The Balaban J connectivity index is 1.67. The SMILES string of the molecule is CC(C)(O)[C@H]1CC=C(C(=O)OC[C@@H]2O[C@@H](Oc3cc(C(=O)O)cc(O)c3O)[C@H](O)[C@@H](O)[C@@H]2O)CC1. The Bertz CT molecular complexity index is 981. The van der Waals surface area contributed by atoms with Crippen LogP contribution < -0.4 is 4.74 Å². The normalized spacial score (nSPS) is 29.3. The van der Waals surface area contributed by atoms with Crippen LogP contribution in [0.2, 0.25) is 0 Å². The van der Waals surface area contributed by atoms with Crippen LogP contribution in [-0.2, 0) is 14.3 Å². The van der Waals surface area contributed by atoms with Gasteiger partial charge in [0.1, 0.15) is 31.0 Å². The topological polar surface area (TPSA) is 203 Å². The number of phenolic OH excluding ortho intramolecular Hbond substituents is 2. The minimum Gasteiger partial charge on any atom is -0.504 e. The molecule has 7 N–H and O–H groups in total. The van der Waals surface area contributed by atoms with Crippen molar-refractivity contribution >= 4 is 11.9 Å². The molecule has 1 aliphatic heterocycles. The molecule has 1 heterocycles. The second-order valence-corrected chi connectivity index (χ2v) is 9.23. The van der Waals surface area contributed by atoms with E-state index >= 15 is 0 Å². The Kier molecular flexibility index (Phi) is 7.92. The largest absolute Gasteiger partial charge is 0.504 e. The van der Waals surface area contributed by atoms with Gasteiger partial charge in [-0.3, -0.25) is 0 Å². The van der Waals surface area contributed by atoms with E-state index in [0.29, 0.717) is 24.8 Å². The molecule has 2 aliphatic rings. The first-order valence-electron chi connectivity index (χ1n) is 11.0. The average Bonchev–Trinajstić information content (AvgIpc) is 2.80. The van der Waals surface area contributed by atoms with Crippen LogP contribution in [0.4, 0.5) is 0 Å². The number of carboxylic acids is 1. The predicted octanol–water partition coefficient (Wildman–Crippen LogP) is 0.0230. The van der Waals surface area contributed by atoms with Crippen LogP contribution in [0.3, 0.4) is 0 Å². The molecule has 0 radical (unpaired) electrons. The van der Waals surface area contributed by atoms with Gasteiger partial charge >= 0.3 is 11.9 Å². The number of ether oxygens (including phenoxy) is 3. The van der Waals surface area contributed by atoms with Crippen molar-refractivity contribution in [1.29, 1.82) is 0 Å². The highest BCUT2D eigenvalue weighted by atomic mass is 16.7. The van der Waals surface area contributed by atoms with Crippen LogP contribution in [0.25, 0.3) is 0 Å². The number of aliphatic hydroxyl groups excluding tert-OH is 3. The van der Waals surface area contributed by atoms with Gasteiger partial charge in [0.25, 0.3) is 0 Å². The van der Waals surface area contributed by atoms with E-state index < -0.39 is 77.7 Å². The number of allylic oxidation sites excluding steroid dienone is 1. The summed E-state index contributed by atoms with van der Waals surface area (Å²) in [5.41, 5.74) is -0.915. The van der Waals surface area contributed by atoms with Crippen molar-refractivity contribution in [3.8, 4) is 17.2 Å². The summed E-state index contributed by atoms with van der Waals surface area (Å²) < 4.78 is 15.9. The van der Waals surface area contributed by atoms with E-state index in [1.165, 1.54) is 0 Å². The number of esters is 1. The van der Waals surface area contributed by atoms with Gasteiger partial charge in [-0.2, -0.15) is 0 Å². The van der Waals surface area contributed by atoms with Crippen molar-refractivity contribution in [3.05, 3.63) is 29.3 Å². The first kappa shape index (κ1) is 26.7. The Morgan fingerprint density at radius 3 is 2.37 bits per heavy atom. The number of phenols is 2. The van der Waals surface area contributed by atoms with E-state index in [0.717, 1.165) is 12.1 Å². The molecule has 0 saturated carbocycles. The van der Waals surface area contributed by atoms with Crippen LogP contribution in [0.1, 0.15) is 43.5 Å². The average molecular weight is 498 g/mol. The molecule has 0 spiro atoms. The maximum Gasteiger partial charge on any atom is 0.335 e. The number of carbonyl (C=O) groups is 2. The lowest BCUT2D eigenvalue weighted by Crippen LogP contribution is -2.60. The molecular formula is C23H30O12. The van der Waals surface area contributed by atoms with E-state index in [1.54, 1.807) is 19.9 Å². The molecule has 6 atom stereocenters. The van der Waals surface area contributed by atoms with Gasteiger partial charge in [0, 0.05) is 5.57 Å². The fourth-order valence-corrected chi connectivity index (χ4v) is 3.99. The molecule has 0 amide bonds. The molecular weight excluding hydrogens is 468 g/mol. The fourth-order valence-electron chi connectivity index (χ4n) is 3.99. The summed E-state index contributed by atoms with van der Waals surface area (Å²) in [4.78, 5) is 23.7. The van der Waals surface area contributed by atoms with Gasteiger partial charge in [-0.25, -0.2) is 9.59 Å². The Morgan fingerprint density at radius 2 is 1.80 bits per heavy atom. The van der Waals surface area contributed by atoms with Crippen molar-refractivity contribution in [2.24, 2.45) is 5.92 Å². The molecule has 12 heteroatoms. The number of carbonyl (C=O) groups excluding carboxylic acids is 1. The summed E-state index contributed by atoms with van der Waals surface area (Å²) in [5, 5.41) is 69.7. The fraction of sp³-hybridized carbons (Fsp3) is 0.565. The van der Waals surface area contributed by atoms with Crippen LogP contribution in [0.5, 0.6) is 17.2 Å². The maximum atomic E-state index is 12.5. The quantitative estimate of drug-likeness (QED) is 0.196. The van der Waals surface area contributed by atoms with Gasteiger partial charge in [0.05, 0.1) is 11.2 Å². The second kappa shape index (κ2) is 10.4. The van der Waals surface area contributed by atoms with Crippen LogP contribution in [0, 0.1) is 5.92 Å².